The Morgan fingerprint density at radius 1 is 1.07 bits per heavy atom. The zero-order valence-electron chi connectivity index (χ0n) is 15.4. The first-order valence-corrected chi connectivity index (χ1v) is 8.82. The van der Waals surface area contributed by atoms with E-state index in [4.69, 9.17) is 4.74 Å². The molecule has 0 saturated carbocycles. The van der Waals surface area contributed by atoms with Crippen molar-refractivity contribution in [1.29, 1.82) is 0 Å². The minimum atomic E-state index is -0.316. The Morgan fingerprint density at radius 3 is 2.67 bits per heavy atom. The summed E-state index contributed by atoms with van der Waals surface area (Å²) in [6, 6.07) is 17.0. The molecule has 6 heteroatoms. The van der Waals surface area contributed by atoms with E-state index in [0.29, 0.717) is 30.5 Å². The summed E-state index contributed by atoms with van der Waals surface area (Å²) in [6.07, 6.45) is 1.57. The third-order valence-electron chi connectivity index (χ3n) is 4.02. The van der Waals surface area contributed by atoms with Crippen LogP contribution in [0.3, 0.4) is 0 Å². The van der Waals surface area contributed by atoms with Gasteiger partial charge in [0.2, 0.25) is 5.95 Å². The van der Waals surface area contributed by atoms with Crippen molar-refractivity contribution in [3.05, 3.63) is 77.6 Å². The SMILES string of the molecule is CCOc1ccccc1NC(=O)c1ccnc(NCc2ccccc2C)n1. The summed E-state index contributed by atoms with van der Waals surface area (Å²) in [6.45, 7) is 5.06. The second-order valence-electron chi connectivity index (χ2n) is 5.93. The minimum Gasteiger partial charge on any atom is -0.492 e. The molecule has 0 atom stereocenters. The standard InChI is InChI=1S/C21H22N4O2/c1-3-27-19-11-7-6-10-17(19)24-20(26)18-12-13-22-21(25-18)23-14-16-9-5-4-8-15(16)2/h4-13H,3,14H2,1-2H3,(H,24,26)(H,22,23,25). The van der Waals surface area contributed by atoms with Gasteiger partial charge in [0.15, 0.2) is 0 Å². The Bertz CT molecular complexity index is 927. The molecule has 1 aromatic heterocycles. The molecule has 0 aliphatic carbocycles. The zero-order valence-corrected chi connectivity index (χ0v) is 15.4. The van der Waals surface area contributed by atoms with Gasteiger partial charge in [0.25, 0.3) is 5.91 Å². The highest BCUT2D eigenvalue weighted by Crippen LogP contribution is 2.24. The van der Waals surface area contributed by atoms with E-state index in [1.807, 2.05) is 43.3 Å². The fraction of sp³-hybridized carbons (Fsp3) is 0.190. The molecule has 2 N–H and O–H groups in total. The highest BCUT2D eigenvalue weighted by atomic mass is 16.5. The summed E-state index contributed by atoms with van der Waals surface area (Å²) in [5.74, 6) is 0.716. The lowest BCUT2D eigenvalue weighted by atomic mass is 10.1. The van der Waals surface area contributed by atoms with Crippen LogP contribution in [0.4, 0.5) is 11.6 Å². The number of benzene rings is 2. The van der Waals surface area contributed by atoms with Crippen molar-refractivity contribution in [3.63, 3.8) is 0 Å². The summed E-state index contributed by atoms with van der Waals surface area (Å²) in [5.41, 5.74) is 3.23. The first-order valence-electron chi connectivity index (χ1n) is 8.82. The Labute approximate surface area is 158 Å². The molecule has 2 aromatic carbocycles. The largest absolute Gasteiger partial charge is 0.492 e. The molecule has 0 bridgehead atoms. The molecular weight excluding hydrogens is 340 g/mol. The van der Waals surface area contributed by atoms with Crippen LogP contribution in [0.2, 0.25) is 0 Å². The van der Waals surface area contributed by atoms with Gasteiger partial charge in [0, 0.05) is 12.7 Å². The molecule has 0 spiro atoms. The first-order chi connectivity index (χ1) is 13.2. The summed E-state index contributed by atoms with van der Waals surface area (Å²) < 4.78 is 5.54. The number of carbonyl (C=O) groups is 1. The van der Waals surface area contributed by atoms with Crippen molar-refractivity contribution >= 4 is 17.5 Å². The number of aryl methyl sites for hydroxylation is 1. The number of hydrogen-bond donors (Lipinski definition) is 2. The van der Waals surface area contributed by atoms with E-state index in [1.165, 1.54) is 5.56 Å². The molecule has 0 aliphatic rings. The van der Waals surface area contributed by atoms with Crippen molar-refractivity contribution in [2.45, 2.75) is 20.4 Å². The van der Waals surface area contributed by atoms with Gasteiger partial charge in [-0.05, 0) is 43.2 Å². The number of aromatic nitrogens is 2. The monoisotopic (exact) mass is 362 g/mol. The number of amides is 1. The van der Waals surface area contributed by atoms with Gasteiger partial charge in [0.05, 0.1) is 12.3 Å². The number of nitrogens with zero attached hydrogens (tertiary/aromatic N) is 2. The summed E-state index contributed by atoms with van der Waals surface area (Å²) >= 11 is 0. The molecule has 6 nitrogen and oxygen atoms in total. The first kappa shape index (κ1) is 18.4. The Balaban J connectivity index is 1.70. The lowest BCUT2D eigenvalue weighted by molar-refractivity contribution is 0.102. The second kappa shape index (κ2) is 8.80. The van der Waals surface area contributed by atoms with Gasteiger partial charge in [-0.25, -0.2) is 9.97 Å². The third kappa shape index (κ3) is 4.82. The molecule has 3 aromatic rings. The van der Waals surface area contributed by atoms with E-state index in [1.54, 1.807) is 18.3 Å². The van der Waals surface area contributed by atoms with Crippen LogP contribution in [0.25, 0.3) is 0 Å². The highest BCUT2D eigenvalue weighted by molar-refractivity contribution is 6.03. The molecule has 0 fully saturated rings. The molecule has 1 heterocycles. The van der Waals surface area contributed by atoms with Crippen LogP contribution in [0.15, 0.2) is 60.8 Å². The van der Waals surface area contributed by atoms with Gasteiger partial charge in [-0.15, -0.1) is 0 Å². The third-order valence-corrected chi connectivity index (χ3v) is 4.02. The molecule has 0 unspecified atom stereocenters. The smallest absolute Gasteiger partial charge is 0.274 e. The maximum Gasteiger partial charge on any atom is 0.274 e. The normalized spacial score (nSPS) is 10.3. The van der Waals surface area contributed by atoms with Gasteiger partial charge >= 0.3 is 0 Å². The van der Waals surface area contributed by atoms with E-state index >= 15 is 0 Å². The van der Waals surface area contributed by atoms with Crippen molar-refractivity contribution in [3.8, 4) is 5.75 Å². The highest BCUT2D eigenvalue weighted by Gasteiger charge is 2.12. The molecule has 138 valence electrons. The zero-order chi connectivity index (χ0) is 19.1. The average molecular weight is 362 g/mol. The topological polar surface area (TPSA) is 76.1 Å². The van der Waals surface area contributed by atoms with Crippen molar-refractivity contribution in [1.82, 2.24) is 9.97 Å². The quantitative estimate of drug-likeness (QED) is 0.663. The number of para-hydroxylation sites is 2. The lowest BCUT2D eigenvalue weighted by Gasteiger charge is -2.11. The van der Waals surface area contributed by atoms with Gasteiger partial charge in [-0.3, -0.25) is 4.79 Å². The molecular formula is C21H22N4O2. The van der Waals surface area contributed by atoms with Gasteiger partial charge < -0.3 is 15.4 Å². The molecule has 1 amide bonds. The number of nitrogens with one attached hydrogen (secondary N) is 2. The molecule has 3 rings (SSSR count). The predicted molar refractivity (Wildman–Crippen MR) is 106 cm³/mol. The Kier molecular flexibility index (Phi) is 5.99. The number of ether oxygens (including phenoxy) is 1. The van der Waals surface area contributed by atoms with Crippen LogP contribution < -0.4 is 15.4 Å². The molecule has 0 aliphatic heterocycles. The van der Waals surface area contributed by atoms with Gasteiger partial charge in [-0.2, -0.15) is 0 Å². The fourth-order valence-corrected chi connectivity index (χ4v) is 2.59. The van der Waals surface area contributed by atoms with E-state index in [0.717, 1.165) is 5.56 Å². The van der Waals surface area contributed by atoms with Crippen LogP contribution in [0.5, 0.6) is 5.75 Å². The van der Waals surface area contributed by atoms with E-state index in [-0.39, 0.29) is 11.6 Å². The predicted octanol–water partition coefficient (Wildman–Crippen LogP) is 4.05. The van der Waals surface area contributed by atoms with Crippen LogP contribution in [-0.2, 0) is 6.54 Å². The maximum absolute atomic E-state index is 12.6. The Morgan fingerprint density at radius 2 is 1.85 bits per heavy atom. The van der Waals surface area contributed by atoms with E-state index < -0.39 is 0 Å². The van der Waals surface area contributed by atoms with Crippen LogP contribution in [-0.4, -0.2) is 22.5 Å². The average Bonchev–Trinajstić information content (AvgIpc) is 2.69. The summed E-state index contributed by atoms with van der Waals surface area (Å²) in [5, 5.41) is 6.01. The maximum atomic E-state index is 12.6. The fourth-order valence-electron chi connectivity index (χ4n) is 2.59. The van der Waals surface area contributed by atoms with Crippen LogP contribution in [0.1, 0.15) is 28.5 Å². The van der Waals surface area contributed by atoms with Gasteiger partial charge in [0.1, 0.15) is 11.4 Å². The molecule has 27 heavy (non-hydrogen) atoms. The number of rotatable bonds is 7. The Hall–Kier alpha value is -3.41. The van der Waals surface area contributed by atoms with Crippen molar-refractivity contribution < 1.29 is 9.53 Å². The summed E-state index contributed by atoms with van der Waals surface area (Å²) in [4.78, 5) is 21.1. The number of anilines is 2. The molecule has 0 saturated heterocycles. The summed E-state index contributed by atoms with van der Waals surface area (Å²) in [7, 11) is 0. The lowest BCUT2D eigenvalue weighted by Crippen LogP contribution is -2.16. The van der Waals surface area contributed by atoms with Crippen LogP contribution in [0, 0.1) is 6.92 Å². The van der Waals surface area contributed by atoms with Crippen LogP contribution >= 0.6 is 0 Å². The molecule has 0 radical (unpaired) electrons. The van der Waals surface area contributed by atoms with E-state index in [9.17, 15) is 4.79 Å². The number of hydrogen-bond acceptors (Lipinski definition) is 5. The van der Waals surface area contributed by atoms with Gasteiger partial charge in [-0.1, -0.05) is 36.4 Å². The van der Waals surface area contributed by atoms with E-state index in [2.05, 4.69) is 33.6 Å². The second-order valence-corrected chi connectivity index (χ2v) is 5.93. The number of carbonyl (C=O) groups excluding carboxylic acids is 1. The van der Waals surface area contributed by atoms with Crippen molar-refractivity contribution in [2.75, 3.05) is 17.2 Å². The minimum absolute atomic E-state index is 0.281. The van der Waals surface area contributed by atoms with Crippen molar-refractivity contribution in [2.24, 2.45) is 0 Å².